The molecule has 0 spiro atoms. The number of ether oxygens (including phenoxy) is 1. The lowest BCUT2D eigenvalue weighted by Crippen LogP contribution is -2.03. The van der Waals surface area contributed by atoms with Gasteiger partial charge in [0.25, 0.3) is 5.90 Å². The van der Waals surface area contributed by atoms with Crippen molar-refractivity contribution in [3.63, 3.8) is 0 Å². The van der Waals surface area contributed by atoms with Gasteiger partial charge in [-0.05, 0) is 35.0 Å². The zero-order chi connectivity index (χ0) is 12.8. The van der Waals surface area contributed by atoms with E-state index in [4.69, 9.17) is 9.57 Å². The van der Waals surface area contributed by atoms with Crippen molar-refractivity contribution < 1.29 is 9.57 Å². The maximum absolute atomic E-state index is 5.41. The Morgan fingerprint density at radius 3 is 2.61 bits per heavy atom. The fourth-order valence-electron chi connectivity index (χ4n) is 1.68. The summed E-state index contributed by atoms with van der Waals surface area (Å²) >= 11 is 0. The van der Waals surface area contributed by atoms with E-state index in [2.05, 4.69) is 17.3 Å². The van der Waals surface area contributed by atoms with E-state index in [1.54, 1.807) is 12.3 Å². The first kappa shape index (κ1) is 12.2. The van der Waals surface area contributed by atoms with E-state index in [-0.39, 0.29) is 0 Å². The summed E-state index contributed by atoms with van der Waals surface area (Å²) in [5, 5.41) is 6.21. The topological polar surface area (TPSA) is 30.8 Å². The zero-order valence-electron chi connectivity index (χ0n) is 10.5. The standard InChI is InChI=1S/C15H15NO2/c1-3-10-18-15(16-17-2)14-9-8-12-6-4-5-7-13(12)11-14/h3-11H,1-2H3/b10-3+,16-15+. The molecule has 0 aliphatic rings. The van der Waals surface area contributed by atoms with Gasteiger partial charge in [0.15, 0.2) is 0 Å². The van der Waals surface area contributed by atoms with Gasteiger partial charge in [-0.3, -0.25) is 0 Å². The van der Waals surface area contributed by atoms with Crippen LogP contribution in [-0.4, -0.2) is 13.0 Å². The SMILES string of the molecule is C/C=C/O/C(=N/OC)c1ccc2ccccc2c1. The van der Waals surface area contributed by atoms with Crippen LogP contribution >= 0.6 is 0 Å². The third-order valence-electron chi connectivity index (χ3n) is 2.49. The van der Waals surface area contributed by atoms with Gasteiger partial charge in [0.05, 0.1) is 6.26 Å². The Morgan fingerprint density at radius 1 is 1.11 bits per heavy atom. The molecule has 2 aromatic carbocycles. The predicted molar refractivity (Wildman–Crippen MR) is 73.4 cm³/mol. The summed E-state index contributed by atoms with van der Waals surface area (Å²) in [4.78, 5) is 4.80. The van der Waals surface area contributed by atoms with Crippen LogP contribution in [0.4, 0.5) is 0 Å². The monoisotopic (exact) mass is 241 g/mol. The summed E-state index contributed by atoms with van der Waals surface area (Å²) in [6.07, 6.45) is 3.37. The molecule has 3 nitrogen and oxygen atoms in total. The summed E-state index contributed by atoms with van der Waals surface area (Å²) in [6, 6.07) is 14.2. The van der Waals surface area contributed by atoms with Crippen molar-refractivity contribution in [3.05, 3.63) is 60.4 Å². The largest absolute Gasteiger partial charge is 0.444 e. The van der Waals surface area contributed by atoms with Gasteiger partial charge in [-0.15, -0.1) is 0 Å². The Morgan fingerprint density at radius 2 is 1.89 bits per heavy atom. The zero-order valence-corrected chi connectivity index (χ0v) is 10.5. The predicted octanol–water partition coefficient (Wildman–Crippen LogP) is 3.70. The summed E-state index contributed by atoms with van der Waals surface area (Å²) in [5.74, 6) is 0.446. The molecular weight excluding hydrogens is 226 g/mol. The fraction of sp³-hybridized carbons (Fsp3) is 0.133. The van der Waals surface area contributed by atoms with Gasteiger partial charge in [-0.2, -0.15) is 0 Å². The second kappa shape index (κ2) is 5.87. The highest BCUT2D eigenvalue weighted by Gasteiger charge is 2.05. The van der Waals surface area contributed by atoms with Crippen LogP contribution in [0, 0.1) is 0 Å². The van der Waals surface area contributed by atoms with Crippen LogP contribution in [0.5, 0.6) is 0 Å². The van der Waals surface area contributed by atoms with Crippen molar-refractivity contribution >= 4 is 16.7 Å². The molecule has 0 bridgehead atoms. The molecule has 0 atom stereocenters. The van der Waals surface area contributed by atoms with E-state index in [0.717, 1.165) is 10.9 Å². The quantitative estimate of drug-likeness (QED) is 0.355. The van der Waals surface area contributed by atoms with Crippen molar-refractivity contribution in [3.8, 4) is 0 Å². The van der Waals surface area contributed by atoms with Gasteiger partial charge in [-0.25, -0.2) is 0 Å². The number of oxime groups is 1. The van der Waals surface area contributed by atoms with Crippen molar-refractivity contribution in [2.24, 2.45) is 5.16 Å². The van der Waals surface area contributed by atoms with Gasteiger partial charge < -0.3 is 9.57 Å². The smallest absolute Gasteiger partial charge is 0.262 e. The molecule has 2 rings (SSSR count). The van der Waals surface area contributed by atoms with Crippen molar-refractivity contribution in [1.29, 1.82) is 0 Å². The van der Waals surface area contributed by atoms with Gasteiger partial charge in [0, 0.05) is 5.56 Å². The van der Waals surface area contributed by atoms with Gasteiger partial charge in [-0.1, -0.05) is 36.4 Å². The Balaban J connectivity index is 2.41. The molecule has 0 saturated heterocycles. The summed E-state index contributed by atoms with van der Waals surface area (Å²) in [5.41, 5.74) is 0.883. The van der Waals surface area contributed by atoms with Gasteiger partial charge in [0.2, 0.25) is 0 Å². The van der Waals surface area contributed by atoms with Crippen molar-refractivity contribution in [2.75, 3.05) is 7.11 Å². The average Bonchev–Trinajstić information content (AvgIpc) is 2.43. The first-order valence-corrected chi connectivity index (χ1v) is 5.73. The lowest BCUT2D eigenvalue weighted by molar-refractivity contribution is 0.203. The summed E-state index contributed by atoms with van der Waals surface area (Å²) in [6.45, 7) is 1.88. The van der Waals surface area contributed by atoms with E-state index in [0.29, 0.717) is 5.90 Å². The fourth-order valence-corrected chi connectivity index (χ4v) is 1.68. The first-order chi connectivity index (χ1) is 8.85. The molecule has 3 heteroatoms. The highest BCUT2D eigenvalue weighted by Crippen LogP contribution is 2.16. The number of allylic oxidation sites excluding steroid dienone is 1. The molecule has 0 unspecified atom stereocenters. The minimum atomic E-state index is 0.446. The number of rotatable bonds is 3. The molecule has 0 fully saturated rings. The maximum Gasteiger partial charge on any atom is 0.262 e. The average molecular weight is 241 g/mol. The van der Waals surface area contributed by atoms with E-state index >= 15 is 0 Å². The lowest BCUT2D eigenvalue weighted by atomic mass is 10.1. The second-order valence-electron chi connectivity index (χ2n) is 3.73. The van der Waals surface area contributed by atoms with Crippen molar-refractivity contribution in [1.82, 2.24) is 0 Å². The number of hydrogen-bond donors (Lipinski definition) is 0. The summed E-state index contributed by atoms with van der Waals surface area (Å²) < 4.78 is 5.41. The molecule has 92 valence electrons. The van der Waals surface area contributed by atoms with E-state index in [1.807, 2.05) is 37.3 Å². The molecule has 0 radical (unpaired) electrons. The van der Waals surface area contributed by atoms with Crippen LogP contribution in [0.25, 0.3) is 10.8 Å². The summed E-state index contributed by atoms with van der Waals surface area (Å²) in [7, 11) is 1.50. The molecule has 0 aromatic heterocycles. The Kier molecular flexibility index (Phi) is 3.97. The minimum Gasteiger partial charge on any atom is -0.444 e. The van der Waals surface area contributed by atoms with E-state index < -0.39 is 0 Å². The highest BCUT2D eigenvalue weighted by atomic mass is 16.6. The second-order valence-corrected chi connectivity index (χ2v) is 3.73. The minimum absolute atomic E-state index is 0.446. The Labute approximate surface area is 106 Å². The molecular formula is C15H15NO2. The molecule has 0 aliphatic heterocycles. The molecule has 0 saturated carbocycles. The number of fused-ring (bicyclic) bond motifs is 1. The van der Waals surface area contributed by atoms with Crippen LogP contribution in [0.2, 0.25) is 0 Å². The van der Waals surface area contributed by atoms with Crippen LogP contribution in [0.3, 0.4) is 0 Å². The maximum atomic E-state index is 5.41. The van der Waals surface area contributed by atoms with E-state index in [1.165, 1.54) is 12.5 Å². The van der Waals surface area contributed by atoms with E-state index in [9.17, 15) is 0 Å². The van der Waals surface area contributed by atoms with Crippen molar-refractivity contribution in [2.45, 2.75) is 6.92 Å². The molecule has 2 aromatic rings. The normalized spacial score (nSPS) is 12.0. The van der Waals surface area contributed by atoms with Gasteiger partial charge in [0.1, 0.15) is 7.11 Å². The van der Waals surface area contributed by atoms with Crippen LogP contribution in [0.15, 0.2) is 60.0 Å². The Bertz CT molecular complexity index is 588. The number of benzene rings is 2. The molecule has 0 heterocycles. The number of nitrogens with zero attached hydrogens (tertiary/aromatic N) is 1. The van der Waals surface area contributed by atoms with Crippen LogP contribution in [-0.2, 0) is 9.57 Å². The van der Waals surface area contributed by atoms with Gasteiger partial charge >= 0.3 is 0 Å². The van der Waals surface area contributed by atoms with Crippen LogP contribution in [0.1, 0.15) is 12.5 Å². The number of hydrogen-bond acceptors (Lipinski definition) is 3. The molecule has 18 heavy (non-hydrogen) atoms. The molecule has 0 aliphatic carbocycles. The lowest BCUT2D eigenvalue weighted by Gasteiger charge is -2.05. The third-order valence-corrected chi connectivity index (χ3v) is 2.49. The first-order valence-electron chi connectivity index (χ1n) is 5.73. The Hall–Kier alpha value is -2.29. The molecule has 0 amide bonds. The highest BCUT2D eigenvalue weighted by molar-refractivity contribution is 5.98. The van der Waals surface area contributed by atoms with Crippen LogP contribution < -0.4 is 0 Å². The third kappa shape index (κ3) is 2.69. The molecule has 0 N–H and O–H groups in total.